The zero-order chi connectivity index (χ0) is 9.47. The average Bonchev–Trinajstić information content (AvgIpc) is 2.63. The molecule has 0 atom stereocenters. The molecule has 7 heteroatoms. The normalized spacial score (nSPS) is 17.5. The molecule has 0 aliphatic heterocycles. The first-order valence-electron chi connectivity index (χ1n) is 3.73. The predicted octanol–water partition coefficient (Wildman–Crippen LogP) is 2.13. The van der Waals surface area contributed by atoms with Gasteiger partial charge in [0.25, 0.3) is 0 Å². The zero-order valence-corrected chi connectivity index (χ0v) is 7.24. The summed E-state index contributed by atoms with van der Waals surface area (Å²) in [6, 6.07) is 0.300. The van der Waals surface area contributed by atoms with E-state index in [-0.39, 0.29) is 5.13 Å². The maximum Gasteiger partial charge on any atom is 0.452 e. The molecule has 72 valence electrons. The van der Waals surface area contributed by atoms with Gasteiger partial charge in [0.15, 0.2) is 0 Å². The first-order valence-corrected chi connectivity index (χ1v) is 4.50. The molecule has 1 aromatic heterocycles. The van der Waals surface area contributed by atoms with Crippen molar-refractivity contribution in [3.05, 3.63) is 5.82 Å². The summed E-state index contributed by atoms with van der Waals surface area (Å²) in [6.45, 7) is 0. The highest BCUT2D eigenvalue weighted by Crippen LogP contribution is 2.31. The Balaban J connectivity index is 2.08. The fraction of sp³-hybridized carbons (Fsp3) is 0.667. The molecular formula is C6H6F3N3S. The minimum atomic E-state index is -4.43. The lowest BCUT2D eigenvalue weighted by atomic mass is 10.6. The van der Waals surface area contributed by atoms with Crippen LogP contribution in [0.2, 0.25) is 0 Å². The molecule has 1 fully saturated rings. The minimum Gasteiger partial charge on any atom is -0.358 e. The van der Waals surface area contributed by atoms with Gasteiger partial charge >= 0.3 is 6.18 Å². The van der Waals surface area contributed by atoms with Crippen molar-refractivity contribution in [3.8, 4) is 0 Å². The van der Waals surface area contributed by atoms with Crippen LogP contribution in [-0.2, 0) is 6.18 Å². The summed E-state index contributed by atoms with van der Waals surface area (Å²) in [5, 5.41) is 3.11. The van der Waals surface area contributed by atoms with Crippen LogP contribution in [0.3, 0.4) is 0 Å². The van der Waals surface area contributed by atoms with E-state index in [0.717, 1.165) is 24.4 Å². The second-order valence-electron chi connectivity index (χ2n) is 2.84. The predicted molar refractivity (Wildman–Crippen MR) is 41.6 cm³/mol. The van der Waals surface area contributed by atoms with Gasteiger partial charge in [-0.15, -0.1) is 0 Å². The molecular weight excluding hydrogens is 203 g/mol. The van der Waals surface area contributed by atoms with Gasteiger partial charge in [-0.1, -0.05) is 0 Å². The molecule has 1 heterocycles. The third-order valence-electron chi connectivity index (χ3n) is 1.58. The van der Waals surface area contributed by atoms with E-state index in [1.165, 1.54) is 0 Å². The summed E-state index contributed by atoms with van der Waals surface area (Å²) in [5.74, 6) is -1.05. The number of halogens is 3. The number of nitrogens with zero attached hydrogens (tertiary/aromatic N) is 2. The molecule has 1 aromatic rings. The van der Waals surface area contributed by atoms with Gasteiger partial charge in [-0.25, -0.2) is 0 Å². The van der Waals surface area contributed by atoms with E-state index in [4.69, 9.17) is 0 Å². The second kappa shape index (κ2) is 2.83. The molecule has 0 unspecified atom stereocenters. The Kier molecular flexibility index (Phi) is 1.90. The molecule has 1 saturated carbocycles. The molecule has 0 saturated heterocycles. The number of alkyl halides is 3. The topological polar surface area (TPSA) is 37.8 Å². The van der Waals surface area contributed by atoms with Crippen molar-refractivity contribution in [1.82, 2.24) is 9.36 Å². The van der Waals surface area contributed by atoms with Crippen LogP contribution in [0.5, 0.6) is 0 Å². The maximum atomic E-state index is 12.0. The van der Waals surface area contributed by atoms with E-state index in [1.807, 2.05) is 0 Å². The minimum absolute atomic E-state index is 0.259. The van der Waals surface area contributed by atoms with Crippen LogP contribution in [0.1, 0.15) is 18.7 Å². The van der Waals surface area contributed by atoms with Crippen LogP contribution in [0.25, 0.3) is 0 Å². The van der Waals surface area contributed by atoms with E-state index >= 15 is 0 Å². The van der Waals surface area contributed by atoms with Crippen LogP contribution in [0.15, 0.2) is 0 Å². The quantitative estimate of drug-likeness (QED) is 0.810. The summed E-state index contributed by atoms with van der Waals surface area (Å²) >= 11 is 0.753. The molecule has 0 radical (unpaired) electrons. The van der Waals surface area contributed by atoms with Gasteiger partial charge in [-0.2, -0.15) is 22.5 Å². The van der Waals surface area contributed by atoms with Crippen molar-refractivity contribution in [2.75, 3.05) is 5.32 Å². The van der Waals surface area contributed by atoms with Gasteiger partial charge in [0.05, 0.1) is 0 Å². The SMILES string of the molecule is FC(F)(F)c1nsc(NC2CC2)n1. The molecule has 3 nitrogen and oxygen atoms in total. The number of aromatic nitrogens is 2. The van der Waals surface area contributed by atoms with Crippen LogP contribution < -0.4 is 5.32 Å². The van der Waals surface area contributed by atoms with E-state index < -0.39 is 12.0 Å². The van der Waals surface area contributed by atoms with Crippen molar-refractivity contribution >= 4 is 16.7 Å². The van der Waals surface area contributed by atoms with Crippen LogP contribution in [0, 0.1) is 0 Å². The van der Waals surface area contributed by atoms with Crippen molar-refractivity contribution in [1.29, 1.82) is 0 Å². The first kappa shape index (κ1) is 8.74. The lowest BCUT2D eigenvalue weighted by Crippen LogP contribution is -2.08. The highest BCUT2D eigenvalue weighted by atomic mass is 32.1. The van der Waals surface area contributed by atoms with Crippen LogP contribution in [-0.4, -0.2) is 15.4 Å². The third kappa shape index (κ3) is 2.09. The molecule has 1 N–H and O–H groups in total. The van der Waals surface area contributed by atoms with Crippen molar-refractivity contribution in [2.45, 2.75) is 25.1 Å². The fourth-order valence-corrected chi connectivity index (χ4v) is 1.46. The highest BCUT2D eigenvalue weighted by Gasteiger charge is 2.36. The molecule has 13 heavy (non-hydrogen) atoms. The lowest BCUT2D eigenvalue weighted by molar-refractivity contribution is -0.144. The monoisotopic (exact) mass is 209 g/mol. The number of hydrogen-bond acceptors (Lipinski definition) is 4. The summed E-state index contributed by atoms with van der Waals surface area (Å²) in [7, 11) is 0. The largest absolute Gasteiger partial charge is 0.452 e. The summed E-state index contributed by atoms with van der Waals surface area (Å²) < 4.78 is 39.2. The van der Waals surface area contributed by atoms with Gasteiger partial charge in [0.2, 0.25) is 11.0 Å². The van der Waals surface area contributed by atoms with E-state index in [0.29, 0.717) is 6.04 Å². The highest BCUT2D eigenvalue weighted by molar-refractivity contribution is 7.09. The van der Waals surface area contributed by atoms with Gasteiger partial charge in [0.1, 0.15) is 0 Å². The molecule has 0 bridgehead atoms. The number of anilines is 1. The summed E-state index contributed by atoms with van der Waals surface area (Å²) in [5.41, 5.74) is 0. The van der Waals surface area contributed by atoms with Gasteiger partial charge in [0, 0.05) is 17.6 Å². The number of rotatable bonds is 2. The second-order valence-corrected chi connectivity index (χ2v) is 3.59. The molecule has 0 amide bonds. The Hall–Kier alpha value is -0.850. The fourth-order valence-electron chi connectivity index (χ4n) is 0.800. The Morgan fingerprint density at radius 1 is 1.38 bits per heavy atom. The lowest BCUT2D eigenvalue weighted by Gasteiger charge is -1.98. The van der Waals surface area contributed by atoms with Crippen molar-refractivity contribution in [2.24, 2.45) is 0 Å². The number of nitrogens with one attached hydrogen (secondary N) is 1. The molecule has 1 aliphatic carbocycles. The Morgan fingerprint density at radius 3 is 2.54 bits per heavy atom. The number of hydrogen-bond donors (Lipinski definition) is 1. The van der Waals surface area contributed by atoms with Gasteiger partial charge in [-0.05, 0) is 12.8 Å². The standard InChI is InChI=1S/C6H6F3N3S/c7-6(8,9)4-11-5(13-12-4)10-3-1-2-3/h3H,1-2H2,(H,10,11,12). The van der Waals surface area contributed by atoms with Gasteiger partial charge < -0.3 is 5.32 Å². The van der Waals surface area contributed by atoms with E-state index in [1.54, 1.807) is 0 Å². The molecule has 0 spiro atoms. The van der Waals surface area contributed by atoms with Crippen molar-refractivity contribution < 1.29 is 13.2 Å². The van der Waals surface area contributed by atoms with E-state index in [9.17, 15) is 13.2 Å². The van der Waals surface area contributed by atoms with Crippen molar-refractivity contribution in [3.63, 3.8) is 0 Å². The Morgan fingerprint density at radius 2 is 2.08 bits per heavy atom. The smallest absolute Gasteiger partial charge is 0.358 e. The Bertz CT molecular complexity index is 304. The zero-order valence-electron chi connectivity index (χ0n) is 6.43. The maximum absolute atomic E-state index is 12.0. The Labute approximate surface area is 76.2 Å². The van der Waals surface area contributed by atoms with E-state index in [2.05, 4.69) is 14.7 Å². The summed E-state index contributed by atoms with van der Waals surface area (Å²) in [6.07, 6.45) is -2.43. The van der Waals surface area contributed by atoms with Gasteiger partial charge in [-0.3, -0.25) is 0 Å². The van der Waals surface area contributed by atoms with Crippen LogP contribution >= 0.6 is 11.5 Å². The average molecular weight is 209 g/mol. The molecule has 0 aromatic carbocycles. The first-order chi connectivity index (χ1) is 6.05. The molecule has 2 rings (SSSR count). The summed E-state index contributed by atoms with van der Waals surface area (Å²) in [4.78, 5) is 3.33. The molecule has 1 aliphatic rings. The third-order valence-corrected chi connectivity index (χ3v) is 2.23. The van der Waals surface area contributed by atoms with Crippen LogP contribution in [0.4, 0.5) is 18.3 Å².